The maximum atomic E-state index is 12.6. The number of H-pyrrole nitrogens is 1. The van der Waals surface area contributed by atoms with E-state index in [1.54, 1.807) is 17.2 Å². The average Bonchev–Trinajstić information content (AvgIpc) is 3.56. The molecule has 0 saturated carbocycles. The van der Waals surface area contributed by atoms with Crippen LogP contribution in [0.1, 0.15) is 46.6 Å². The minimum absolute atomic E-state index is 0.0209. The Kier molecular flexibility index (Phi) is 5.72. The van der Waals surface area contributed by atoms with Crippen LogP contribution in [0, 0.1) is 6.92 Å². The van der Waals surface area contributed by atoms with E-state index in [-0.39, 0.29) is 11.3 Å². The number of amides is 1. The zero-order chi connectivity index (χ0) is 24.7. The number of aromatic amines is 1. The van der Waals surface area contributed by atoms with Gasteiger partial charge in [-0.05, 0) is 35.6 Å². The predicted molar refractivity (Wildman–Crippen MR) is 138 cm³/mol. The zero-order valence-electron chi connectivity index (χ0n) is 20.4. The van der Waals surface area contributed by atoms with Crippen LogP contribution in [0.15, 0.2) is 49.2 Å². The Morgan fingerprint density at radius 3 is 2.63 bits per heavy atom. The highest BCUT2D eigenvalue weighted by Crippen LogP contribution is 2.30. The SMILES string of the molecule is Cc1cc(-c2ncnc3cc(-c4cnn(C)c4)[nH]c23)ccc1CNC(=O)c1ncc(C(C)(C)C)s1. The molecule has 0 bridgehead atoms. The molecule has 0 fully saturated rings. The van der Waals surface area contributed by atoms with Gasteiger partial charge >= 0.3 is 0 Å². The molecule has 1 aromatic carbocycles. The molecule has 2 N–H and O–H groups in total. The van der Waals surface area contributed by atoms with Crippen LogP contribution in [0.4, 0.5) is 0 Å². The number of benzene rings is 1. The lowest BCUT2D eigenvalue weighted by molar-refractivity contribution is 0.0950. The number of rotatable bonds is 5. The molecule has 1 amide bonds. The van der Waals surface area contributed by atoms with Crippen LogP contribution < -0.4 is 5.32 Å². The van der Waals surface area contributed by atoms with Gasteiger partial charge in [0.15, 0.2) is 5.01 Å². The first-order valence-corrected chi connectivity index (χ1v) is 12.2. The fourth-order valence-electron chi connectivity index (χ4n) is 3.89. The molecule has 0 unspecified atom stereocenters. The molecule has 9 heteroatoms. The van der Waals surface area contributed by atoms with E-state index >= 15 is 0 Å². The quantitative estimate of drug-likeness (QED) is 0.364. The molecule has 0 radical (unpaired) electrons. The minimum atomic E-state index is -0.152. The van der Waals surface area contributed by atoms with Crippen molar-refractivity contribution in [3.05, 3.63) is 70.2 Å². The number of fused-ring (bicyclic) bond motifs is 1. The molecule has 4 aromatic heterocycles. The van der Waals surface area contributed by atoms with E-state index in [1.807, 2.05) is 44.6 Å². The third-order valence-electron chi connectivity index (χ3n) is 5.93. The summed E-state index contributed by atoms with van der Waals surface area (Å²) >= 11 is 1.44. The summed E-state index contributed by atoms with van der Waals surface area (Å²) in [6.45, 7) is 8.82. The van der Waals surface area contributed by atoms with Crippen molar-refractivity contribution in [1.82, 2.24) is 35.0 Å². The Morgan fingerprint density at radius 1 is 1.11 bits per heavy atom. The second-order valence-electron chi connectivity index (χ2n) is 9.67. The van der Waals surface area contributed by atoms with E-state index in [4.69, 9.17) is 0 Å². The number of nitrogens with zero attached hydrogens (tertiary/aromatic N) is 5. The highest BCUT2D eigenvalue weighted by Gasteiger charge is 2.20. The summed E-state index contributed by atoms with van der Waals surface area (Å²) in [6, 6.07) is 8.17. The molecule has 0 aliphatic carbocycles. The fraction of sp³-hybridized carbons (Fsp3) is 0.269. The molecule has 0 aliphatic rings. The maximum Gasteiger partial charge on any atom is 0.280 e. The van der Waals surface area contributed by atoms with Crippen LogP contribution in [0.5, 0.6) is 0 Å². The summed E-state index contributed by atoms with van der Waals surface area (Å²) < 4.78 is 1.77. The number of aromatic nitrogens is 6. The van der Waals surface area contributed by atoms with Crippen molar-refractivity contribution in [2.75, 3.05) is 0 Å². The topological polar surface area (TPSA) is 101 Å². The van der Waals surface area contributed by atoms with Gasteiger partial charge in [-0.2, -0.15) is 5.10 Å². The molecular weight excluding hydrogens is 458 g/mol. The normalized spacial score (nSPS) is 11.8. The Hall–Kier alpha value is -3.85. The second-order valence-corrected chi connectivity index (χ2v) is 10.7. The lowest BCUT2D eigenvalue weighted by atomic mass is 9.96. The van der Waals surface area contributed by atoms with Gasteiger partial charge in [0, 0.05) is 42.0 Å². The maximum absolute atomic E-state index is 12.6. The highest BCUT2D eigenvalue weighted by atomic mass is 32.1. The largest absolute Gasteiger partial charge is 0.351 e. The smallest absolute Gasteiger partial charge is 0.280 e. The van der Waals surface area contributed by atoms with Gasteiger partial charge < -0.3 is 10.3 Å². The lowest BCUT2D eigenvalue weighted by Gasteiger charge is -2.14. The molecule has 35 heavy (non-hydrogen) atoms. The Morgan fingerprint density at radius 2 is 1.94 bits per heavy atom. The standard InChI is InChI=1S/C26H27N7OS/c1-15-8-16(6-7-17(15)10-27-24(34)25-28-12-21(35-25)26(2,3)4)22-23-20(29-14-30-22)9-19(32-23)18-11-31-33(5)13-18/h6-9,11-14,32H,10H2,1-5H3,(H,27,34). The molecule has 0 atom stereocenters. The summed E-state index contributed by atoms with van der Waals surface area (Å²) in [4.78, 5) is 30.5. The molecular formula is C26H27N7OS. The predicted octanol–water partition coefficient (Wildman–Crippen LogP) is 5.02. The molecule has 8 nitrogen and oxygen atoms in total. The minimum Gasteiger partial charge on any atom is -0.351 e. The number of carbonyl (C=O) groups is 1. The van der Waals surface area contributed by atoms with Crippen molar-refractivity contribution in [1.29, 1.82) is 0 Å². The number of nitrogens with one attached hydrogen (secondary N) is 2. The van der Waals surface area contributed by atoms with E-state index < -0.39 is 0 Å². The number of hydrogen-bond acceptors (Lipinski definition) is 6. The monoisotopic (exact) mass is 485 g/mol. The molecule has 5 aromatic rings. The summed E-state index contributed by atoms with van der Waals surface area (Å²) in [5, 5.41) is 7.75. The average molecular weight is 486 g/mol. The second kappa shape index (κ2) is 8.74. The van der Waals surface area contributed by atoms with Crippen molar-refractivity contribution >= 4 is 28.3 Å². The Balaban J connectivity index is 1.36. The van der Waals surface area contributed by atoms with Crippen LogP contribution in [-0.4, -0.2) is 35.6 Å². The first kappa shape index (κ1) is 22.9. The third kappa shape index (κ3) is 4.59. The van der Waals surface area contributed by atoms with Crippen molar-refractivity contribution < 1.29 is 4.79 Å². The first-order valence-electron chi connectivity index (χ1n) is 11.4. The summed E-state index contributed by atoms with van der Waals surface area (Å²) in [5.74, 6) is -0.152. The molecule has 0 saturated heterocycles. The Labute approximate surface area is 207 Å². The van der Waals surface area contributed by atoms with Gasteiger partial charge in [-0.25, -0.2) is 15.0 Å². The van der Waals surface area contributed by atoms with Crippen molar-refractivity contribution in [3.8, 4) is 22.5 Å². The summed E-state index contributed by atoms with van der Waals surface area (Å²) in [5.41, 5.74) is 7.58. The molecule has 178 valence electrons. The number of carbonyl (C=O) groups excluding carboxylic acids is 1. The van der Waals surface area contributed by atoms with Crippen LogP contribution in [0.25, 0.3) is 33.5 Å². The van der Waals surface area contributed by atoms with Gasteiger partial charge in [0.05, 0.1) is 28.6 Å². The zero-order valence-corrected chi connectivity index (χ0v) is 21.2. The van der Waals surface area contributed by atoms with E-state index in [1.165, 1.54) is 11.3 Å². The molecule has 5 rings (SSSR count). The van der Waals surface area contributed by atoms with Gasteiger partial charge in [-0.15, -0.1) is 11.3 Å². The van der Waals surface area contributed by atoms with Crippen LogP contribution in [-0.2, 0) is 19.0 Å². The number of thiazole rings is 1. The highest BCUT2D eigenvalue weighted by molar-refractivity contribution is 7.13. The Bertz CT molecular complexity index is 1540. The van der Waals surface area contributed by atoms with Gasteiger partial charge in [0.25, 0.3) is 5.91 Å². The van der Waals surface area contributed by atoms with Crippen molar-refractivity contribution in [2.45, 2.75) is 39.7 Å². The van der Waals surface area contributed by atoms with E-state index in [0.29, 0.717) is 11.6 Å². The van der Waals surface area contributed by atoms with Crippen LogP contribution in [0.3, 0.4) is 0 Å². The number of aryl methyl sites for hydroxylation is 2. The van der Waals surface area contributed by atoms with Gasteiger partial charge in [-0.1, -0.05) is 32.9 Å². The third-order valence-corrected chi connectivity index (χ3v) is 7.35. The van der Waals surface area contributed by atoms with E-state index in [9.17, 15) is 4.79 Å². The van der Waals surface area contributed by atoms with E-state index in [0.717, 1.165) is 49.6 Å². The fourth-order valence-corrected chi connectivity index (χ4v) is 4.78. The lowest BCUT2D eigenvalue weighted by Crippen LogP contribution is -2.23. The van der Waals surface area contributed by atoms with Gasteiger partial charge in [-0.3, -0.25) is 9.48 Å². The summed E-state index contributed by atoms with van der Waals surface area (Å²) in [7, 11) is 1.89. The van der Waals surface area contributed by atoms with Crippen molar-refractivity contribution in [2.24, 2.45) is 7.05 Å². The summed E-state index contributed by atoms with van der Waals surface area (Å²) in [6.07, 6.45) is 7.16. The molecule has 0 spiro atoms. The van der Waals surface area contributed by atoms with Crippen LogP contribution >= 0.6 is 11.3 Å². The van der Waals surface area contributed by atoms with Gasteiger partial charge in [0.2, 0.25) is 0 Å². The first-order chi connectivity index (χ1) is 16.7. The van der Waals surface area contributed by atoms with Gasteiger partial charge in [0.1, 0.15) is 6.33 Å². The number of hydrogen-bond donors (Lipinski definition) is 2. The molecule has 0 aliphatic heterocycles. The van der Waals surface area contributed by atoms with Crippen LogP contribution in [0.2, 0.25) is 0 Å². The molecule has 4 heterocycles. The van der Waals surface area contributed by atoms with Crippen molar-refractivity contribution in [3.63, 3.8) is 0 Å². The van der Waals surface area contributed by atoms with E-state index in [2.05, 4.69) is 57.2 Å².